The van der Waals surface area contributed by atoms with E-state index in [1.807, 2.05) is 52.0 Å². The highest BCUT2D eigenvalue weighted by atomic mass is 35.5. The Morgan fingerprint density at radius 2 is 1.90 bits per heavy atom. The first-order chi connectivity index (χ1) is 13.8. The monoisotopic (exact) mass is 416 g/mol. The molecular formula is C23H29ClN2O3. The number of nitrogens with one attached hydrogen (secondary N) is 1. The average Bonchev–Trinajstić information content (AvgIpc) is 2.68. The second-order valence-electron chi connectivity index (χ2n) is 7.03. The number of likely N-dealkylation sites (N-methyl/N-ethyl adjacent to an activating group) is 1. The van der Waals surface area contributed by atoms with Gasteiger partial charge in [-0.1, -0.05) is 48.4 Å². The van der Waals surface area contributed by atoms with Crippen molar-refractivity contribution in [2.45, 2.75) is 46.7 Å². The molecule has 0 aliphatic rings. The summed E-state index contributed by atoms with van der Waals surface area (Å²) in [6.07, 6.45) is 0.517. The van der Waals surface area contributed by atoms with Crippen LogP contribution in [0.15, 0.2) is 42.5 Å². The van der Waals surface area contributed by atoms with Crippen molar-refractivity contribution in [2.24, 2.45) is 0 Å². The molecule has 0 aromatic heterocycles. The number of ether oxygens (including phenoxy) is 1. The highest BCUT2D eigenvalue weighted by molar-refractivity contribution is 6.31. The third-order valence-electron chi connectivity index (χ3n) is 4.66. The zero-order chi connectivity index (χ0) is 21.4. The molecule has 0 saturated carbocycles. The van der Waals surface area contributed by atoms with E-state index in [1.54, 1.807) is 23.1 Å². The highest BCUT2D eigenvalue weighted by Crippen LogP contribution is 2.21. The molecule has 29 heavy (non-hydrogen) atoms. The molecule has 0 aliphatic heterocycles. The summed E-state index contributed by atoms with van der Waals surface area (Å²) in [6, 6.07) is 12.6. The van der Waals surface area contributed by atoms with Gasteiger partial charge in [0.2, 0.25) is 5.91 Å². The Morgan fingerprint density at radius 1 is 1.14 bits per heavy atom. The lowest BCUT2D eigenvalue weighted by atomic mass is 10.1. The van der Waals surface area contributed by atoms with Crippen molar-refractivity contribution in [1.82, 2.24) is 10.2 Å². The lowest BCUT2D eigenvalue weighted by molar-refractivity contribution is -0.142. The smallest absolute Gasteiger partial charge is 0.261 e. The fourth-order valence-corrected chi connectivity index (χ4v) is 3.27. The van der Waals surface area contributed by atoms with E-state index in [9.17, 15) is 9.59 Å². The number of amides is 2. The number of halogens is 1. The standard InChI is InChI=1S/C23H29ClN2O3/c1-5-21(23(28)25-6-2)26(14-18-9-7-8-16(3)12-18)22(27)15-29-19-10-11-20(24)17(4)13-19/h7-13,21H,5-6,14-15H2,1-4H3,(H,25,28)/t21-/m1/s1. The summed E-state index contributed by atoms with van der Waals surface area (Å²) >= 11 is 6.05. The summed E-state index contributed by atoms with van der Waals surface area (Å²) < 4.78 is 5.70. The van der Waals surface area contributed by atoms with Crippen LogP contribution in [0, 0.1) is 13.8 Å². The van der Waals surface area contributed by atoms with Crippen molar-refractivity contribution in [3.05, 3.63) is 64.2 Å². The Morgan fingerprint density at radius 3 is 2.52 bits per heavy atom. The van der Waals surface area contributed by atoms with E-state index in [0.717, 1.165) is 16.7 Å². The Labute approximate surface area is 178 Å². The fraction of sp³-hybridized carbons (Fsp3) is 0.391. The molecule has 6 heteroatoms. The Hall–Kier alpha value is -2.53. The van der Waals surface area contributed by atoms with E-state index < -0.39 is 6.04 Å². The minimum atomic E-state index is -0.557. The summed E-state index contributed by atoms with van der Waals surface area (Å²) in [5, 5.41) is 3.47. The van der Waals surface area contributed by atoms with Gasteiger partial charge in [-0.3, -0.25) is 9.59 Å². The summed E-state index contributed by atoms with van der Waals surface area (Å²) in [5.74, 6) is 0.178. The van der Waals surface area contributed by atoms with Gasteiger partial charge in [0.05, 0.1) is 0 Å². The lowest BCUT2D eigenvalue weighted by Gasteiger charge is -2.30. The largest absolute Gasteiger partial charge is 0.484 e. The van der Waals surface area contributed by atoms with Gasteiger partial charge >= 0.3 is 0 Å². The van der Waals surface area contributed by atoms with Gasteiger partial charge in [0.1, 0.15) is 11.8 Å². The summed E-state index contributed by atoms with van der Waals surface area (Å²) in [7, 11) is 0. The molecule has 0 saturated heterocycles. The topological polar surface area (TPSA) is 58.6 Å². The summed E-state index contributed by atoms with van der Waals surface area (Å²) in [5.41, 5.74) is 2.96. The van der Waals surface area contributed by atoms with E-state index in [0.29, 0.717) is 30.3 Å². The van der Waals surface area contributed by atoms with E-state index in [-0.39, 0.29) is 18.4 Å². The van der Waals surface area contributed by atoms with Crippen LogP contribution in [0.4, 0.5) is 0 Å². The molecule has 2 aromatic rings. The van der Waals surface area contributed by atoms with Crippen molar-refractivity contribution >= 4 is 23.4 Å². The Balaban J connectivity index is 2.20. The highest BCUT2D eigenvalue weighted by Gasteiger charge is 2.28. The molecule has 5 nitrogen and oxygen atoms in total. The number of hydrogen-bond acceptors (Lipinski definition) is 3. The zero-order valence-corrected chi connectivity index (χ0v) is 18.3. The SMILES string of the molecule is CCNC(=O)[C@@H](CC)N(Cc1cccc(C)c1)C(=O)COc1ccc(Cl)c(C)c1. The van der Waals surface area contributed by atoms with Gasteiger partial charge in [0.25, 0.3) is 5.91 Å². The van der Waals surface area contributed by atoms with Crippen LogP contribution in [-0.2, 0) is 16.1 Å². The van der Waals surface area contributed by atoms with Crippen molar-refractivity contribution < 1.29 is 14.3 Å². The van der Waals surface area contributed by atoms with Crippen LogP contribution in [0.25, 0.3) is 0 Å². The van der Waals surface area contributed by atoms with Crippen LogP contribution in [-0.4, -0.2) is 35.9 Å². The summed E-state index contributed by atoms with van der Waals surface area (Å²) in [6.45, 7) is 8.36. The first-order valence-corrected chi connectivity index (χ1v) is 10.2. The Bertz CT molecular complexity index is 854. The van der Waals surface area contributed by atoms with Crippen LogP contribution in [0.2, 0.25) is 5.02 Å². The lowest BCUT2D eigenvalue weighted by Crippen LogP contribution is -2.50. The first kappa shape index (κ1) is 22.8. The fourth-order valence-electron chi connectivity index (χ4n) is 3.15. The quantitative estimate of drug-likeness (QED) is 0.663. The molecule has 0 aliphatic carbocycles. The molecule has 0 unspecified atom stereocenters. The van der Waals surface area contributed by atoms with E-state index in [4.69, 9.17) is 16.3 Å². The molecule has 0 radical (unpaired) electrons. The number of hydrogen-bond donors (Lipinski definition) is 1. The van der Waals surface area contributed by atoms with Crippen molar-refractivity contribution in [2.75, 3.05) is 13.2 Å². The Kier molecular flexibility index (Phi) is 8.52. The number of carbonyl (C=O) groups is 2. The molecule has 2 rings (SSSR count). The maximum absolute atomic E-state index is 13.1. The van der Waals surface area contributed by atoms with Crippen LogP contribution in [0.3, 0.4) is 0 Å². The number of nitrogens with zero attached hydrogens (tertiary/aromatic N) is 1. The zero-order valence-electron chi connectivity index (χ0n) is 17.5. The van der Waals surface area contributed by atoms with Gasteiger partial charge in [0, 0.05) is 18.1 Å². The van der Waals surface area contributed by atoms with Crippen LogP contribution >= 0.6 is 11.6 Å². The molecule has 1 N–H and O–H groups in total. The van der Waals surface area contributed by atoms with Gasteiger partial charge < -0.3 is 15.0 Å². The van der Waals surface area contributed by atoms with Crippen LogP contribution < -0.4 is 10.1 Å². The van der Waals surface area contributed by atoms with E-state index >= 15 is 0 Å². The second-order valence-corrected chi connectivity index (χ2v) is 7.44. The molecular weight excluding hydrogens is 388 g/mol. The van der Waals surface area contributed by atoms with Gasteiger partial charge in [0.15, 0.2) is 6.61 Å². The normalized spacial score (nSPS) is 11.6. The molecule has 2 amide bonds. The molecule has 0 bridgehead atoms. The molecule has 0 heterocycles. The third kappa shape index (κ3) is 6.50. The first-order valence-electron chi connectivity index (χ1n) is 9.87. The van der Waals surface area contributed by atoms with E-state index in [1.165, 1.54) is 0 Å². The maximum Gasteiger partial charge on any atom is 0.261 e. The van der Waals surface area contributed by atoms with Crippen LogP contribution in [0.5, 0.6) is 5.75 Å². The summed E-state index contributed by atoms with van der Waals surface area (Å²) in [4.78, 5) is 27.2. The molecule has 1 atom stereocenters. The third-order valence-corrected chi connectivity index (χ3v) is 5.09. The van der Waals surface area contributed by atoms with Gasteiger partial charge in [-0.2, -0.15) is 0 Å². The number of aryl methyl sites for hydroxylation is 2. The minimum Gasteiger partial charge on any atom is -0.484 e. The second kappa shape index (κ2) is 10.9. The minimum absolute atomic E-state index is 0.150. The molecule has 0 fully saturated rings. The van der Waals surface area contributed by atoms with Gasteiger partial charge in [-0.15, -0.1) is 0 Å². The average molecular weight is 417 g/mol. The van der Waals surface area contributed by atoms with Gasteiger partial charge in [-0.25, -0.2) is 0 Å². The van der Waals surface area contributed by atoms with Crippen LogP contribution in [0.1, 0.15) is 37.0 Å². The number of rotatable bonds is 9. The maximum atomic E-state index is 13.1. The number of benzene rings is 2. The molecule has 2 aromatic carbocycles. The predicted molar refractivity (Wildman–Crippen MR) is 116 cm³/mol. The van der Waals surface area contributed by atoms with Gasteiger partial charge in [-0.05, 0) is 56.5 Å². The predicted octanol–water partition coefficient (Wildman–Crippen LogP) is 4.28. The van der Waals surface area contributed by atoms with Crippen molar-refractivity contribution in [3.8, 4) is 5.75 Å². The van der Waals surface area contributed by atoms with Crippen molar-refractivity contribution in [3.63, 3.8) is 0 Å². The van der Waals surface area contributed by atoms with Crippen molar-refractivity contribution in [1.29, 1.82) is 0 Å². The van der Waals surface area contributed by atoms with E-state index in [2.05, 4.69) is 5.32 Å². The molecule has 156 valence electrons. The number of carbonyl (C=O) groups excluding carboxylic acids is 2. The molecule has 0 spiro atoms.